The minimum absolute atomic E-state index is 0.0275. The van der Waals surface area contributed by atoms with Crippen LogP contribution >= 0.6 is 0 Å². The Morgan fingerprint density at radius 3 is 2.43 bits per heavy atom. The minimum atomic E-state index is -0.553. The topological polar surface area (TPSA) is 61.4 Å². The highest BCUT2D eigenvalue weighted by molar-refractivity contribution is 5.85. The average molecular weight is 202 g/mol. The Kier molecular flexibility index (Phi) is 5.72. The molecule has 1 unspecified atom stereocenters. The molecule has 0 rings (SSSR count). The van der Waals surface area contributed by atoms with E-state index in [1.54, 1.807) is 7.05 Å². The standard InChI is InChI=1S/C10H22N2O2/c1-5-8(6-7-13)12-9(14)10(2,3)11-4/h8,11,13H,5-7H2,1-4H3,(H,12,14). The summed E-state index contributed by atoms with van der Waals surface area (Å²) in [5, 5.41) is 14.6. The molecule has 1 amide bonds. The first-order valence-electron chi connectivity index (χ1n) is 5.08. The van der Waals surface area contributed by atoms with Gasteiger partial charge >= 0.3 is 0 Å². The largest absolute Gasteiger partial charge is 0.396 e. The van der Waals surface area contributed by atoms with E-state index >= 15 is 0 Å². The molecule has 0 aromatic rings. The number of carbonyl (C=O) groups is 1. The van der Waals surface area contributed by atoms with Crippen LogP contribution in [-0.2, 0) is 4.79 Å². The van der Waals surface area contributed by atoms with E-state index in [1.807, 2.05) is 20.8 Å². The van der Waals surface area contributed by atoms with E-state index in [-0.39, 0.29) is 18.6 Å². The number of carbonyl (C=O) groups excluding carboxylic acids is 1. The van der Waals surface area contributed by atoms with Crippen molar-refractivity contribution in [3.05, 3.63) is 0 Å². The first kappa shape index (κ1) is 13.4. The number of aliphatic hydroxyl groups is 1. The summed E-state index contributed by atoms with van der Waals surface area (Å²) in [5.74, 6) is -0.0275. The third-order valence-corrected chi connectivity index (χ3v) is 2.50. The van der Waals surface area contributed by atoms with Gasteiger partial charge in [0.2, 0.25) is 5.91 Å². The van der Waals surface area contributed by atoms with Crippen molar-refractivity contribution in [1.82, 2.24) is 10.6 Å². The van der Waals surface area contributed by atoms with Gasteiger partial charge in [-0.15, -0.1) is 0 Å². The monoisotopic (exact) mass is 202 g/mol. The van der Waals surface area contributed by atoms with E-state index in [0.29, 0.717) is 6.42 Å². The van der Waals surface area contributed by atoms with Gasteiger partial charge in [-0.3, -0.25) is 4.79 Å². The van der Waals surface area contributed by atoms with E-state index in [2.05, 4.69) is 10.6 Å². The number of amides is 1. The van der Waals surface area contributed by atoms with Crippen molar-refractivity contribution in [2.75, 3.05) is 13.7 Å². The molecule has 0 aliphatic carbocycles. The number of hydrogen-bond donors (Lipinski definition) is 3. The zero-order valence-corrected chi connectivity index (χ0v) is 9.55. The summed E-state index contributed by atoms with van der Waals surface area (Å²) in [5.41, 5.74) is -0.553. The summed E-state index contributed by atoms with van der Waals surface area (Å²) < 4.78 is 0. The molecule has 84 valence electrons. The van der Waals surface area contributed by atoms with Crippen molar-refractivity contribution in [3.8, 4) is 0 Å². The van der Waals surface area contributed by atoms with Gasteiger partial charge in [0.25, 0.3) is 0 Å². The van der Waals surface area contributed by atoms with Crippen molar-refractivity contribution in [2.45, 2.75) is 45.2 Å². The number of aliphatic hydroxyl groups excluding tert-OH is 1. The summed E-state index contributed by atoms with van der Waals surface area (Å²) >= 11 is 0. The normalized spacial score (nSPS) is 13.8. The zero-order valence-electron chi connectivity index (χ0n) is 9.55. The fraction of sp³-hybridized carbons (Fsp3) is 0.900. The molecule has 14 heavy (non-hydrogen) atoms. The molecule has 0 aromatic heterocycles. The van der Waals surface area contributed by atoms with Gasteiger partial charge < -0.3 is 15.7 Å². The molecule has 0 aromatic carbocycles. The molecule has 0 fully saturated rings. The molecular formula is C10H22N2O2. The lowest BCUT2D eigenvalue weighted by Crippen LogP contribution is -2.53. The Morgan fingerprint density at radius 2 is 2.07 bits per heavy atom. The highest BCUT2D eigenvalue weighted by Gasteiger charge is 2.26. The van der Waals surface area contributed by atoms with Crippen LogP contribution in [0, 0.1) is 0 Å². The van der Waals surface area contributed by atoms with Crippen LogP contribution in [-0.4, -0.2) is 36.2 Å². The summed E-state index contributed by atoms with van der Waals surface area (Å²) in [6.45, 7) is 5.76. The highest BCUT2D eigenvalue weighted by atomic mass is 16.3. The Labute approximate surface area is 86.1 Å². The second kappa shape index (κ2) is 5.98. The van der Waals surface area contributed by atoms with Gasteiger partial charge in [-0.2, -0.15) is 0 Å². The molecule has 1 atom stereocenters. The third-order valence-electron chi connectivity index (χ3n) is 2.50. The molecule has 4 nitrogen and oxygen atoms in total. The van der Waals surface area contributed by atoms with E-state index in [0.717, 1.165) is 6.42 Å². The van der Waals surface area contributed by atoms with E-state index in [1.165, 1.54) is 0 Å². The molecule has 0 radical (unpaired) electrons. The quantitative estimate of drug-likeness (QED) is 0.579. The summed E-state index contributed by atoms with van der Waals surface area (Å²) in [6.07, 6.45) is 1.45. The van der Waals surface area contributed by atoms with Gasteiger partial charge in [-0.1, -0.05) is 6.92 Å². The fourth-order valence-electron chi connectivity index (χ4n) is 1.01. The average Bonchev–Trinajstić information content (AvgIpc) is 2.16. The summed E-state index contributed by atoms with van der Waals surface area (Å²) in [4.78, 5) is 11.7. The van der Waals surface area contributed by atoms with Crippen LogP contribution in [0.4, 0.5) is 0 Å². The van der Waals surface area contributed by atoms with Gasteiger partial charge in [-0.25, -0.2) is 0 Å². The molecule has 0 aliphatic rings. The molecule has 3 N–H and O–H groups in total. The number of hydrogen-bond acceptors (Lipinski definition) is 3. The van der Waals surface area contributed by atoms with Crippen LogP contribution in [0.3, 0.4) is 0 Å². The van der Waals surface area contributed by atoms with Crippen molar-refractivity contribution in [1.29, 1.82) is 0 Å². The van der Waals surface area contributed by atoms with Gasteiger partial charge in [0, 0.05) is 12.6 Å². The van der Waals surface area contributed by atoms with Crippen LogP contribution < -0.4 is 10.6 Å². The second-order valence-corrected chi connectivity index (χ2v) is 3.97. The Bertz CT molecular complexity index is 181. The molecule has 0 aliphatic heterocycles. The molecule has 0 saturated heterocycles. The lowest BCUT2D eigenvalue weighted by atomic mass is 10.0. The molecule has 0 heterocycles. The third kappa shape index (κ3) is 4.07. The van der Waals surface area contributed by atoms with Crippen molar-refractivity contribution < 1.29 is 9.90 Å². The number of rotatable bonds is 6. The maximum atomic E-state index is 11.7. The van der Waals surface area contributed by atoms with E-state index < -0.39 is 5.54 Å². The van der Waals surface area contributed by atoms with Gasteiger partial charge in [0.05, 0.1) is 5.54 Å². The Balaban J connectivity index is 4.15. The van der Waals surface area contributed by atoms with Crippen molar-refractivity contribution >= 4 is 5.91 Å². The lowest BCUT2D eigenvalue weighted by Gasteiger charge is -2.26. The van der Waals surface area contributed by atoms with Crippen LogP contribution in [0.25, 0.3) is 0 Å². The number of likely N-dealkylation sites (N-methyl/N-ethyl adjacent to an activating group) is 1. The maximum Gasteiger partial charge on any atom is 0.239 e. The fourth-order valence-corrected chi connectivity index (χ4v) is 1.01. The lowest BCUT2D eigenvalue weighted by molar-refractivity contribution is -0.127. The first-order valence-corrected chi connectivity index (χ1v) is 5.08. The molecule has 0 saturated carbocycles. The minimum Gasteiger partial charge on any atom is -0.396 e. The Morgan fingerprint density at radius 1 is 1.50 bits per heavy atom. The zero-order chi connectivity index (χ0) is 11.2. The van der Waals surface area contributed by atoms with Gasteiger partial charge in [0.15, 0.2) is 0 Å². The number of nitrogens with one attached hydrogen (secondary N) is 2. The van der Waals surface area contributed by atoms with Crippen LogP contribution in [0.1, 0.15) is 33.6 Å². The smallest absolute Gasteiger partial charge is 0.239 e. The molecule has 4 heteroatoms. The van der Waals surface area contributed by atoms with Crippen LogP contribution in [0.5, 0.6) is 0 Å². The predicted octanol–water partition coefficient (Wildman–Crippen LogP) is 0.262. The molecule has 0 bridgehead atoms. The van der Waals surface area contributed by atoms with Crippen LogP contribution in [0.15, 0.2) is 0 Å². The van der Waals surface area contributed by atoms with E-state index in [4.69, 9.17) is 5.11 Å². The predicted molar refractivity (Wildman–Crippen MR) is 57.1 cm³/mol. The summed E-state index contributed by atoms with van der Waals surface area (Å²) in [6, 6.07) is 0.0696. The molecular weight excluding hydrogens is 180 g/mol. The second-order valence-electron chi connectivity index (χ2n) is 3.97. The maximum absolute atomic E-state index is 11.7. The van der Waals surface area contributed by atoms with Crippen LogP contribution in [0.2, 0.25) is 0 Å². The molecule has 0 spiro atoms. The van der Waals surface area contributed by atoms with Gasteiger partial charge in [0.1, 0.15) is 0 Å². The van der Waals surface area contributed by atoms with Crippen molar-refractivity contribution in [2.24, 2.45) is 0 Å². The highest BCUT2D eigenvalue weighted by Crippen LogP contribution is 2.04. The Hall–Kier alpha value is -0.610. The first-order chi connectivity index (χ1) is 6.47. The van der Waals surface area contributed by atoms with E-state index in [9.17, 15) is 4.79 Å². The SMILES string of the molecule is CCC(CCO)NC(=O)C(C)(C)NC. The summed E-state index contributed by atoms with van der Waals surface area (Å²) in [7, 11) is 1.76. The van der Waals surface area contributed by atoms with Gasteiger partial charge in [-0.05, 0) is 33.7 Å². The van der Waals surface area contributed by atoms with Crippen molar-refractivity contribution in [3.63, 3.8) is 0 Å².